The predicted molar refractivity (Wildman–Crippen MR) is 59.7 cm³/mol. The second-order valence-corrected chi connectivity index (χ2v) is 4.47. The number of carbonyl (C=O) groups is 1. The molecule has 0 aliphatic heterocycles. The van der Waals surface area contributed by atoms with Gasteiger partial charge >= 0.3 is 6.03 Å². The zero-order valence-corrected chi connectivity index (χ0v) is 9.36. The number of nitrogens with one attached hydrogen (secondary N) is 2. The first-order valence-corrected chi connectivity index (χ1v) is 6.02. The third-order valence-corrected chi connectivity index (χ3v) is 2.22. The number of carbonyl (C=O) groups excluding carboxylic acids is 1. The summed E-state index contributed by atoms with van der Waals surface area (Å²) < 4.78 is 29.2. The van der Waals surface area contributed by atoms with Crippen molar-refractivity contribution in [3.63, 3.8) is 0 Å². The predicted octanol–water partition coefficient (Wildman–Crippen LogP) is 0.525. The maximum Gasteiger partial charge on any atom is 0.320 e. The van der Waals surface area contributed by atoms with Crippen LogP contribution in [0.15, 0.2) is 24.3 Å². The van der Waals surface area contributed by atoms with Crippen molar-refractivity contribution in [2.24, 2.45) is 0 Å². The van der Waals surface area contributed by atoms with Crippen LogP contribution in [0.1, 0.15) is 5.56 Å². The van der Waals surface area contributed by atoms with Crippen molar-refractivity contribution in [2.75, 3.05) is 11.2 Å². The van der Waals surface area contributed by atoms with Gasteiger partial charge < -0.3 is 10.6 Å². The van der Waals surface area contributed by atoms with Crippen LogP contribution >= 0.6 is 0 Å². The van der Waals surface area contributed by atoms with Crippen molar-refractivity contribution in [1.29, 1.82) is 5.26 Å². The standard InChI is InChI=1S/C9H9N3O4S/c10-5-7-3-1-2-4-8(7)12-9(13)11-6-17(14,15)16/h1-4H,6H2,(H2,11,12,13)(H,14,15,16). The van der Waals surface area contributed by atoms with Crippen molar-refractivity contribution in [1.82, 2.24) is 5.32 Å². The van der Waals surface area contributed by atoms with Gasteiger partial charge in [-0.2, -0.15) is 13.7 Å². The summed E-state index contributed by atoms with van der Waals surface area (Å²) in [4.78, 5) is 11.2. The molecule has 1 aromatic carbocycles. The summed E-state index contributed by atoms with van der Waals surface area (Å²) in [6, 6.07) is 7.26. The highest BCUT2D eigenvalue weighted by Gasteiger charge is 2.09. The molecule has 1 aromatic rings. The fraction of sp³-hybridized carbons (Fsp3) is 0.111. The first-order chi connectivity index (χ1) is 7.92. The lowest BCUT2D eigenvalue weighted by molar-refractivity contribution is 0.253. The van der Waals surface area contributed by atoms with Crippen molar-refractivity contribution in [3.8, 4) is 6.07 Å². The van der Waals surface area contributed by atoms with E-state index in [0.717, 1.165) is 0 Å². The number of nitrogens with zero attached hydrogens (tertiary/aromatic N) is 1. The molecule has 0 radical (unpaired) electrons. The third kappa shape index (κ3) is 4.50. The Morgan fingerprint density at radius 1 is 1.41 bits per heavy atom. The molecule has 7 nitrogen and oxygen atoms in total. The van der Waals surface area contributed by atoms with E-state index in [1.165, 1.54) is 12.1 Å². The average Bonchev–Trinajstić information content (AvgIpc) is 2.26. The van der Waals surface area contributed by atoms with E-state index in [0.29, 0.717) is 0 Å². The SMILES string of the molecule is N#Cc1ccccc1NC(=O)NCS(=O)(=O)O. The van der Waals surface area contributed by atoms with Crippen molar-refractivity contribution in [2.45, 2.75) is 0 Å². The number of nitriles is 1. The lowest BCUT2D eigenvalue weighted by Crippen LogP contribution is -2.33. The van der Waals surface area contributed by atoms with Gasteiger partial charge in [0.15, 0.2) is 0 Å². The van der Waals surface area contributed by atoms with E-state index in [-0.39, 0.29) is 11.3 Å². The lowest BCUT2D eigenvalue weighted by atomic mass is 10.2. The van der Waals surface area contributed by atoms with Crippen LogP contribution in [0.4, 0.5) is 10.5 Å². The minimum Gasteiger partial charge on any atom is -0.321 e. The molecule has 0 saturated heterocycles. The molecule has 0 heterocycles. The molecule has 0 unspecified atom stereocenters. The molecule has 17 heavy (non-hydrogen) atoms. The molecule has 0 saturated carbocycles. The summed E-state index contributed by atoms with van der Waals surface area (Å²) >= 11 is 0. The fourth-order valence-electron chi connectivity index (χ4n) is 1.01. The fourth-order valence-corrected chi connectivity index (χ4v) is 1.33. The molecular formula is C9H9N3O4S. The number of rotatable bonds is 3. The summed E-state index contributed by atoms with van der Waals surface area (Å²) in [6.45, 7) is 0. The molecule has 0 atom stereocenters. The van der Waals surface area contributed by atoms with Gasteiger partial charge in [-0.1, -0.05) is 12.1 Å². The summed E-state index contributed by atoms with van der Waals surface area (Å²) in [5, 5.41) is 12.9. The maximum absolute atomic E-state index is 11.2. The van der Waals surface area contributed by atoms with Gasteiger partial charge in [0.25, 0.3) is 10.1 Å². The normalized spacial score (nSPS) is 10.4. The Labute approximate surface area is 97.8 Å². The largest absolute Gasteiger partial charge is 0.321 e. The van der Waals surface area contributed by atoms with Gasteiger partial charge in [0.05, 0.1) is 11.3 Å². The van der Waals surface area contributed by atoms with E-state index < -0.39 is 22.0 Å². The van der Waals surface area contributed by atoms with E-state index in [4.69, 9.17) is 9.81 Å². The zero-order chi connectivity index (χ0) is 12.9. The second-order valence-electron chi connectivity index (χ2n) is 3.01. The second kappa shape index (κ2) is 5.29. The van der Waals surface area contributed by atoms with Crippen molar-refractivity contribution < 1.29 is 17.8 Å². The molecule has 90 valence electrons. The Kier molecular flexibility index (Phi) is 4.03. The highest BCUT2D eigenvalue weighted by molar-refractivity contribution is 7.85. The van der Waals surface area contributed by atoms with Gasteiger partial charge in [-0.25, -0.2) is 4.79 Å². The number of benzene rings is 1. The van der Waals surface area contributed by atoms with Crippen LogP contribution in [0.3, 0.4) is 0 Å². The molecule has 0 aromatic heterocycles. The van der Waals surface area contributed by atoms with Gasteiger partial charge in [0.1, 0.15) is 11.9 Å². The van der Waals surface area contributed by atoms with Crippen molar-refractivity contribution in [3.05, 3.63) is 29.8 Å². The number of para-hydroxylation sites is 1. The summed E-state index contributed by atoms with van der Waals surface area (Å²) in [5.74, 6) is -0.895. The quantitative estimate of drug-likeness (QED) is 0.680. The Hall–Kier alpha value is -2.11. The molecule has 1 rings (SSSR count). The van der Waals surface area contributed by atoms with E-state index in [1.54, 1.807) is 12.1 Å². The van der Waals surface area contributed by atoms with Crippen LogP contribution in [0.5, 0.6) is 0 Å². The van der Waals surface area contributed by atoms with Crippen LogP contribution < -0.4 is 10.6 Å². The van der Waals surface area contributed by atoms with Gasteiger partial charge in [0.2, 0.25) is 0 Å². The number of hydrogen-bond donors (Lipinski definition) is 3. The van der Waals surface area contributed by atoms with E-state index in [9.17, 15) is 13.2 Å². The summed E-state index contributed by atoms with van der Waals surface area (Å²) in [6.07, 6.45) is 0. The number of urea groups is 1. The van der Waals surface area contributed by atoms with Gasteiger partial charge in [-0.15, -0.1) is 0 Å². The highest BCUT2D eigenvalue weighted by Crippen LogP contribution is 2.12. The first-order valence-electron chi connectivity index (χ1n) is 4.41. The van der Waals surface area contributed by atoms with Crippen LogP contribution in [0.25, 0.3) is 0 Å². The maximum atomic E-state index is 11.2. The Bertz CT molecular complexity index is 562. The van der Waals surface area contributed by atoms with Crippen LogP contribution in [0, 0.1) is 11.3 Å². The van der Waals surface area contributed by atoms with Gasteiger partial charge in [-0.05, 0) is 12.1 Å². The lowest BCUT2D eigenvalue weighted by Gasteiger charge is -2.07. The Morgan fingerprint density at radius 3 is 2.65 bits per heavy atom. The smallest absolute Gasteiger partial charge is 0.320 e. The Balaban J connectivity index is 2.66. The van der Waals surface area contributed by atoms with Crippen LogP contribution in [-0.2, 0) is 10.1 Å². The molecule has 0 aliphatic rings. The van der Waals surface area contributed by atoms with E-state index in [2.05, 4.69) is 5.32 Å². The molecule has 8 heteroatoms. The number of anilines is 1. The van der Waals surface area contributed by atoms with E-state index in [1.807, 2.05) is 11.4 Å². The number of amides is 2. The topological polar surface area (TPSA) is 119 Å². The minimum atomic E-state index is -4.26. The minimum absolute atomic E-state index is 0.245. The van der Waals surface area contributed by atoms with E-state index >= 15 is 0 Å². The molecule has 0 bridgehead atoms. The first kappa shape index (κ1) is 13.0. The third-order valence-electron chi connectivity index (χ3n) is 1.71. The molecule has 3 N–H and O–H groups in total. The number of hydrogen-bond acceptors (Lipinski definition) is 4. The molecule has 0 fully saturated rings. The summed E-state index contributed by atoms with van der Waals surface area (Å²) in [7, 11) is -4.26. The monoisotopic (exact) mass is 255 g/mol. The highest BCUT2D eigenvalue weighted by atomic mass is 32.2. The van der Waals surface area contributed by atoms with Crippen LogP contribution in [0.2, 0.25) is 0 Å². The van der Waals surface area contributed by atoms with Gasteiger partial charge in [0, 0.05) is 0 Å². The van der Waals surface area contributed by atoms with Crippen molar-refractivity contribution >= 4 is 21.8 Å². The summed E-state index contributed by atoms with van der Waals surface area (Å²) in [5.41, 5.74) is 0.498. The Morgan fingerprint density at radius 2 is 2.06 bits per heavy atom. The average molecular weight is 255 g/mol. The molecule has 0 aliphatic carbocycles. The molecule has 2 amide bonds. The van der Waals surface area contributed by atoms with Crippen LogP contribution in [-0.4, -0.2) is 24.9 Å². The zero-order valence-electron chi connectivity index (χ0n) is 8.54. The molecular weight excluding hydrogens is 246 g/mol. The molecule has 0 spiro atoms. The van der Waals surface area contributed by atoms with Gasteiger partial charge in [-0.3, -0.25) is 4.55 Å².